The van der Waals surface area contributed by atoms with Crippen LogP contribution in [0.5, 0.6) is 0 Å². The molecule has 1 fully saturated rings. The van der Waals surface area contributed by atoms with Crippen LogP contribution in [0.3, 0.4) is 0 Å². The van der Waals surface area contributed by atoms with Crippen molar-refractivity contribution in [2.75, 3.05) is 0 Å². The molecule has 1 saturated carbocycles. The summed E-state index contributed by atoms with van der Waals surface area (Å²) in [4.78, 5) is 10.3. The highest BCUT2D eigenvalue weighted by Crippen LogP contribution is 2.26. The van der Waals surface area contributed by atoms with Crippen LogP contribution in [0.1, 0.15) is 12.8 Å². The molecule has 0 unspecified atom stereocenters. The molecule has 1 aliphatic rings. The molecule has 54 valence electrons. The lowest BCUT2D eigenvalue weighted by Crippen LogP contribution is -2.41. The molecule has 0 saturated heterocycles. The first-order valence-electron chi connectivity index (χ1n) is 3.11. The fourth-order valence-electron chi connectivity index (χ4n) is 1.02. The highest BCUT2D eigenvalue weighted by atomic mass is 32.1. The van der Waals surface area contributed by atoms with Gasteiger partial charge in [0.2, 0.25) is 0 Å². The van der Waals surface area contributed by atoms with Gasteiger partial charge >= 0.3 is 0 Å². The SMILES string of the molecule is N#CC1CC(NC(=O)S)C1. The maximum atomic E-state index is 10.3. The molecule has 0 aromatic rings. The van der Waals surface area contributed by atoms with Crippen LogP contribution in [0.15, 0.2) is 0 Å². The molecule has 0 bridgehead atoms. The van der Waals surface area contributed by atoms with Crippen molar-refractivity contribution in [1.29, 1.82) is 5.26 Å². The van der Waals surface area contributed by atoms with E-state index in [0.29, 0.717) is 0 Å². The molecule has 0 aliphatic heterocycles. The lowest BCUT2D eigenvalue weighted by Gasteiger charge is -2.30. The van der Waals surface area contributed by atoms with Crippen LogP contribution in [-0.2, 0) is 0 Å². The van der Waals surface area contributed by atoms with Gasteiger partial charge in [-0.25, -0.2) is 0 Å². The molecular formula is C6H8N2OS. The third kappa shape index (κ3) is 1.64. The van der Waals surface area contributed by atoms with Gasteiger partial charge in [0.05, 0.1) is 12.0 Å². The second-order valence-electron chi connectivity index (χ2n) is 2.44. The largest absolute Gasteiger partial charge is 0.344 e. The van der Waals surface area contributed by atoms with Crippen LogP contribution in [0.25, 0.3) is 0 Å². The van der Waals surface area contributed by atoms with Crippen LogP contribution in [-0.4, -0.2) is 11.3 Å². The van der Waals surface area contributed by atoms with Crippen LogP contribution in [0.4, 0.5) is 4.79 Å². The second kappa shape index (κ2) is 2.93. The topological polar surface area (TPSA) is 52.9 Å². The molecule has 0 spiro atoms. The third-order valence-corrected chi connectivity index (χ3v) is 1.78. The van der Waals surface area contributed by atoms with E-state index in [4.69, 9.17) is 5.26 Å². The fourth-order valence-corrected chi connectivity index (χ4v) is 1.20. The van der Waals surface area contributed by atoms with E-state index in [0.717, 1.165) is 12.8 Å². The minimum atomic E-state index is -0.304. The average Bonchev–Trinajstić information content (AvgIpc) is 1.76. The normalized spacial score (nSPS) is 30.0. The molecule has 4 heteroatoms. The number of amides is 1. The Labute approximate surface area is 64.8 Å². The van der Waals surface area contributed by atoms with Gasteiger partial charge in [-0.05, 0) is 12.8 Å². The van der Waals surface area contributed by atoms with Gasteiger partial charge in [0, 0.05) is 6.04 Å². The number of hydrogen-bond acceptors (Lipinski definition) is 2. The summed E-state index contributed by atoms with van der Waals surface area (Å²) in [6, 6.07) is 2.32. The summed E-state index contributed by atoms with van der Waals surface area (Å²) in [5, 5.41) is 10.7. The van der Waals surface area contributed by atoms with Gasteiger partial charge in [-0.2, -0.15) is 5.26 Å². The third-order valence-electron chi connectivity index (χ3n) is 1.65. The maximum absolute atomic E-state index is 10.3. The summed E-state index contributed by atoms with van der Waals surface area (Å²) >= 11 is 3.55. The lowest BCUT2D eigenvalue weighted by atomic mass is 9.82. The summed E-state index contributed by atoms with van der Waals surface area (Å²) in [5.74, 6) is 0.144. The van der Waals surface area contributed by atoms with Crippen LogP contribution in [0, 0.1) is 17.2 Å². The highest BCUT2D eigenvalue weighted by Gasteiger charge is 2.29. The maximum Gasteiger partial charge on any atom is 0.276 e. The predicted molar refractivity (Wildman–Crippen MR) is 39.6 cm³/mol. The number of nitriles is 1. The Morgan fingerprint density at radius 3 is 2.70 bits per heavy atom. The Morgan fingerprint density at radius 1 is 1.70 bits per heavy atom. The zero-order valence-corrected chi connectivity index (χ0v) is 6.27. The Balaban J connectivity index is 2.16. The summed E-state index contributed by atoms with van der Waals surface area (Å²) < 4.78 is 0. The molecule has 0 radical (unpaired) electrons. The number of thiol groups is 1. The predicted octanol–water partition coefficient (Wildman–Crippen LogP) is 0.928. The van der Waals surface area contributed by atoms with Crippen molar-refractivity contribution < 1.29 is 4.79 Å². The van der Waals surface area contributed by atoms with E-state index in [-0.39, 0.29) is 17.2 Å². The van der Waals surface area contributed by atoms with E-state index in [1.165, 1.54) is 0 Å². The van der Waals surface area contributed by atoms with Crippen molar-refractivity contribution in [2.45, 2.75) is 18.9 Å². The van der Waals surface area contributed by atoms with E-state index in [2.05, 4.69) is 24.0 Å². The number of carbonyl (C=O) groups excluding carboxylic acids is 1. The first kappa shape index (κ1) is 7.42. The summed E-state index contributed by atoms with van der Waals surface area (Å²) in [5.41, 5.74) is 0. The quantitative estimate of drug-likeness (QED) is 0.555. The molecule has 3 nitrogen and oxygen atoms in total. The smallest absolute Gasteiger partial charge is 0.276 e. The lowest BCUT2D eigenvalue weighted by molar-refractivity contribution is 0.239. The number of carbonyl (C=O) groups is 1. The second-order valence-corrected chi connectivity index (χ2v) is 2.85. The van der Waals surface area contributed by atoms with Crippen molar-refractivity contribution >= 4 is 17.9 Å². The van der Waals surface area contributed by atoms with E-state index < -0.39 is 0 Å². The molecule has 1 amide bonds. The summed E-state index contributed by atoms with van der Waals surface area (Å²) in [6.45, 7) is 0. The minimum absolute atomic E-state index is 0.144. The zero-order chi connectivity index (χ0) is 7.56. The van der Waals surface area contributed by atoms with Crippen molar-refractivity contribution in [3.8, 4) is 6.07 Å². The van der Waals surface area contributed by atoms with Gasteiger partial charge in [-0.3, -0.25) is 4.79 Å². The average molecular weight is 156 g/mol. The van der Waals surface area contributed by atoms with E-state index in [1.807, 2.05) is 0 Å². The summed E-state index contributed by atoms with van der Waals surface area (Å²) in [6.07, 6.45) is 1.56. The minimum Gasteiger partial charge on any atom is -0.344 e. The van der Waals surface area contributed by atoms with E-state index in [1.54, 1.807) is 0 Å². The molecule has 1 rings (SSSR count). The molecule has 1 N–H and O–H groups in total. The molecule has 10 heavy (non-hydrogen) atoms. The van der Waals surface area contributed by atoms with Crippen molar-refractivity contribution in [1.82, 2.24) is 5.32 Å². The first-order chi connectivity index (χ1) is 4.72. The Kier molecular flexibility index (Phi) is 2.17. The monoisotopic (exact) mass is 156 g/mol. The van der Waals surface area contributed by atoms with Crippen molar-refractivity contribution in [3.05, 3.63) is 0 Å². The number of hydrogen-bond donors (Lipinski definition) is 2. The molecule has 0 aromatic heterocycles. The number of nitrogens with one attached hydrogen (secondary N) is 1. The highest BCUT2D eigenvalue weighted by molar-refractivity contribution is 7.96. The first-order valence-corrected chi connectivity index (χ1v) is 3.56. The molecule has 1 aliphatic carbocycles. The van der Waals surface area contributed by atoms with Gasteiger partial charge in [-0.1, -0.05) is 12.6 Å². The number of rotatable bonds is 1. The Hall–Kier alpha value is -0.690. The standard InChI is InChI=1S/C6H8N2OS/c7-3-4-1-5(2-4)8-6(9)10/h4-5H,1-2H2,(H2,8,9,10). The molecule has 0 heterocycles. The summed E-state index contributed by atoms with van der Waals surface area (Å²) in [7, 11) is 0. The van der Waals surface area contributed by atoms with Crippen LogP contribution >= 0.6 is 12.6 Å². The van der Waals surface area contributed by atoms with Gasteiger partial charge in [0.15, 0.2) is 0 Å². The van der Waals surface area contributed by atoms with Crippen LogP contribution < -0.4 is 5.32 Å². The van der Waals surface area contributed by atoms with Crippen molar-refractivity contribution in [3.63, 3.8) is 0 Å². The fraction of sp³-hybridized carbons (Fsp3) is 0.667. The van der Waals surface area contributed by atoms with Gasteiger partial charge in [0.1, 0.15) is 0 Å². The Bertz CT molecular complexity index is 181. The molecule has 0 aromatic carbocycles. The van der Waals surface area contributed by atoms with Crippen LogP contribution in [0.2, 0.25) is 0 Å². The zero-order valence-electron chi connectivity index (χ0n) is 5.37. The number of nitrogens with zero attached hydrogens (tertiary/aromatic N) is 1. The van der Waals surface area contributed by atoms with E-state index >= 15 is 0 Å². The van der Waals surface area contributed by atoms with Gasteiger partial charge < -0.3 is 5.32 Å². The van der Waals surface area contributed by atoms with Crippen molar-refractivity contribution in [2.24, 2.45) is 5.92 Å². The Morgan fingerprint density at radius 2 is 2.30 bits per heavy atom. The van der Waals surface area contributed by atoms with Gasteiger partial charge in [0.25, 0.3) is 5.24 Å². The molecular weight excluding hydrogens is 148 g/mol. The van der Waals surface area contributed by atoms with E-state index in [9.17, 15) is 4.79 Å². The van der Waals surface area contributed by atoms with Gasteiger partial charge in [-0.15, -0.1) is 0 Å². The molecule has 0 atom stereocenters.